The number of aryl methyl sites for hydroxylation is 1. The van der Waals surface area contributed by atoms with Crippen LogP contribution < -0.4 is 10.6 Å². The standard InChI is InChI=1S/C12H17N5O2/c1-16-6-9(5-14-16)7-17-10(18)12(15-11(17)19)3-2-4-13-8-12/h5-6,13H,2-4,7-8H2,1H3,(H,15,19). The van der Waals surface area contributed by atoms with Gasteiger partial charge in [-0.3, -0.25) is 14.4 Å². The Kier molecular flexibility index (Phi) is 2.78. The first-order chi connectivity index (χ1) is 9.11. The zero-order valence-corrected chi connectivity index (χ0v) is 10.8. The average molecular weight is 263 g/mol. The van der Waals surface area contributed by atoms with Gasteiger partial charge in [0.1, 0.15) is 5.54 Å². The SMILES string of the molecule is Cn1cc(CN2C(=O)NC3(CCCNC3)C2=O)cn1. The normalized spacial score (nSPS) is 27.1. The maximum absolute atomic E-state index is 12.5. The minimum atomic E-state index is -0.739. The molecule has 2 fully saturated rings. The van der Waals surface area contributed by atoms with E-state index in [0.717, 1.165) is 18.5 Å². The highest BCUT2D eigenvalue weighted by Crippen LogP contribution is 2.26. The molecule has 0 radical (unpaired) electrons. The number of aromatic nitrogens is 2. The molecule has 1 spiro atoms. The Morgan fingerprint density at radius 2 is 2.32 bits per heavy atom. The molecule has 3 rings (SSSR count). The van der Waals surface area contributed by atoms with Crippen LogP contribution >= 0.6 is 0 Å². The number of amides is 3. The number of carbonyl (C=O) groups is 2. The molecule has 0 aliphatic carbocycles. The molecule has 1 atom stereocenters. The van der Waals surface area contributed by atoms with Gasteiger partial charge in [0.15, 0.2) is 0 Å². The third kappa shape index (κ3) is 1.99. The monoisotopic (exact) mass is 263 g/mol. The third-order valence-electron chi connectivity index (χ3n) is 3.73. The zero-order valence-electron chi connectivity index (χ0n) is 10.8. The van der Waals surface area contributed by atoms with E-state index in [0.29, 0.717) is 13.0 Å². The number of carbonyl (C=O) groups excluding carboxylic acids is 2. The topological polar surface area (TPSA) is 79.3 Å². The van der Waals surface area contributed by atoms with Gasteiger partial charge in [0.2, 0.25) is 0 Å². The number of piperidine rings is 1. The minimum absolute atomic E-state index is 0.131. The van der Waals surface area contributed by atoms with Crippen LogP contribution in [0.2, 0.25) is 0 Å². The number of urea groups is 1. The van der Waals surface area contributed by atoms with Crippen LogP contribution in [-0.4, -0.2) is 45.2 Å². The summed E-state index contributed by atoms with van der Waals surface area (Å²) in [6.45, 7) is 1.69. The summed E-state index contributed by atoms with van der Waals surface area (Å²) in [5.74, 6) is -0.131. The van der Waals surface area contributed by atoms with Gasteiger partial charge >= 0.3 is 6.03 Å². The van der Waals surface area contributed by atoms with Crippen LogP contribution in [0.1, 0.15) is 18.4 Å². The van der Waals surface area contributed by atoms with Crippen molar-refractivity contribution in [2.75, 3.05) is 13.1 Å². The van der Waals surface area contributed by atoms with Gasteiger partial charge in [0.25, 0.3) is 5.91 Å². The van der Waals surface area contributed by atoms with E-state index >= 15 is 0 Å². The molecule has 7 nitrogen and oxygen atoms in total. The smallest absolute Gasteiger partial charge is 0.322 e. The van der Waals surface area contributed by atoms with Crippen LogP contribution in [0.4, 0.5) is 4.79 Å². The van der Waals surface area contributed by atoms with E-state index in [1.807, 2.05) is 13.2 Å². The summed E-state index contributed by atoms with van der Waals surface area (Å²) in [5, 5.41) is 10.1. The Bertz CT molecular complexity index is 518. The van der Waals surface area contributed by atoms with Crippen molar-refractivity contribution >= 4 is 11.9 Å². The van der Waals surface area contributed by atoms with E-state index in [1.54, 1.807) is 10.9 Å². The maximum atomic E-state index is 12.5. The van der Waals surface area contributed by atoms with Crippen LogP contribution in [0.3, 0.4) is 0 Å². The Hall–Kier alpha value is -1.89. The van der Waals surface area contributed by atoms with E-state index in [1.165, 1.54) is 4.90 Å². The molecule has 1 unspecified atom stereocenters. The van der Waals surface area contributed by atoms with Gasteiger partial charge in [0, 0.05) is 25.4 Å². The van der Waals surface area contributed by atoms with Crippen molar-refractivity contribution in [1.82, 2.24) is 25.3 Å². The molecule has 2 N–H and O–H groups in total. The molecule has 2 saturated heterocycles. The predicted molar refractivity (Wildman–Crippen MR) is 67.1 cm³/mol. The summed E-state index contributed by atoms with van der Waals surface area (Å²) < 4.78 is 1.66. The molecule has 0 saturated carbocycles. The first-order valence-corrected chi connectivity index (χ1v) is 6.43. The van der Waals surface area contributed by atoms with Crippen molar-refractivity contribution < 1.29 is 9.59 Å². The van der Waals surface area contributed by atoms with Gasteiger partial charge in [-0.1, -0.05) is 0 Å². The van der Waals surface area contributed by atoms with E-state index in [4.69, 9.17) is 0 Å². The quantitative estimate of drug-likeness (QED) is 0.711. The molecular weight excluding hydrogens is 246 g/mol. The molecule has 0 bridgehead atoms. The number of imide groups is 1. The highest BCUT2D eigenvalue weighted by molar-refractivity contribution is 6.07. The summed E-state index contributed by atoms with van der Waals surface area (Å²) in [4.78, 5) is 25.8. The summed E-state index contributed by atoms with van der Waals surface area (Å²) in [6.07, 6.45) is 5.08. The molecule has 19 heavy (non-hydrogen) atoms. The fourth-order valence-corrected chi connectivity index (χ4v) is 2.75. The summed E-state index contributed by atoms with van der Waals surface area (Å²) in [7, 11) is 1.81. The highest BCUT2D eigenvalue weighted by Gasteiger charge is 2.51. The van der Waals surface area contributed by atoms with Gasteiger partial charge in [-0.05, 0) is 19.4 Å². The largest absolute Gasteiger partial charge is 0.325 e. The second-order valence-corrected chi connectivity index (χ2v) is 5.21. The Labute approximate surface area is 110 Å². The molecule has 102 valence electrons. The number of rotatable bonds is 2. The lowest BCUT2D eigenvalue weighted by molar-refractivity contribution is -0.132. The van der Waals surface area contributed by atoms with Crippen molar-refractivity contribution in [3.8, 4) is 0 Å². The maximum Gasteiger partial charge on any atom is 0.325 e. The van der Waals surface area contributed by atoms with Crippen molar-refractivity contribution in [3.63, 3.8) is 0 Å². The Morgan fingerprint density at radius 1 is 1.47 bits per heavy atom. The number of nitrogens with one attached hydrogen (secondary N) is 2. The van der Waals surface area contributed by atoms with Gasteiger partial charge in [-0.15, -0.1) is 0 Å². The van der Waals surface area contributed by atoms with Gasteiger partial charge < -0.3 is 10.6 Å². The molecule has 0 aromatic carbocycles. The van der Waals surface area contributed by atoms with Crippen LogP contribution in [0, 0.1) is 0 Å². The van der Waals surface area contributed by atoms with Crippen LogP contribution in [0.5, 0.6) is 0 Å². The summed E-state index contributed by atoms with van der Waals surface area (Å²) in [5.41, 5.74) is 0.115. The fourth-order valence-electron chi connectivity index (χ4n) is 2.75. The molecular formula is C12H17N5O2. The van der Waals surface area contributed by atoms with Crippen LogP contribution in [-0.2, 0) is 18.4 Å². The Balaban J connectivity index is 1.79. The molecule has 3 heterocycles. The van der Waals surface area contributed by atoms with Crippen molar-refractivity contribution in [1.29, 1.82) is 0 Å². The van der Waals surface area contributed by atoms with Crippen LogP contribution in [0.25, 0.3) is 0 Å². The van der Waals surface area contributed by atoms with Gasteiger partial charge in [0.05, 0.1) is 12.7 Å². The highest BCUT2D eigenvalue weighted by atomic mass is 16.2. The van der Waals surface area contributed by atoms with Crippen molar-refractivity contribution in [3.05, 3.63) is 18.0 Å². The Morgan fingerprint density at radius 3 is 2.95 bits per heavy atom. The van der Waals surface area contributed by atoms with E-state index in [9.17, 15) is 9.59 Å². The molecule has 3 amide bonds. The first kappa shape index (κ1) is 12.2. The van der Waals surface area contributed by atoms with Crippen molar-refractivity contribution in [2.45, 2.75) is 24.9 Å². The molecule has 1 aromatic heterocycles. The molecule has 7 heteroatoms. The first-order valence-electron chi connectivity index (χ1n) is 6.43. The zero-order chi connectivity index (χ0) is 13.5. The second-order valence-electron chi connectivity index (χ2n) is 5.21. The predicted octanol–water partition coefficient (Wildman–Crippen LogP) is -0.406. The minimum Gasteiger partial charge on any atom is -0.322 e. The van der Waals surface area contributed by atoms with Gasteiger partial charge in [-0.25, -0.2) is 4.79 Å². The lowest BCUT2D eigenvalue weighted by atomic mass is 9.90. The van der Waals surface area contributed by atoms with E-state index in [-0.39, 0.29) is 18.5 Å². The number of hydrogen-bond acceptors (Lipinski definition) is 4. The molecule has 1 aromatic rings. The van der Waals surface area contributed by atoms with E-state index in [2.05, 4.69) is 15.7 Å². The summed E-state index contributed by atoms with van der Waals surface area (Å²) in [6, 6.07) is -0.308. The third-order valence-corrected chi connectivity index (χ3v) is 3.73. The lowest BCUT2D eigenvalue weighted by Crippen LogP contribution is -2.57. The van der Waals surface area contributed by atoms with Crippen molar-refractivity contribution in [2.24, 2.45) is 7.05 Å². The second kappa shape index (κ2) is 4.34. The van der Waals surface area contributed by atoms with Crippen LogP contribution in [0.15, 0.2) is 12.4 Å². The number of hydrogen-bond donors (Lipinski definition) is 2. The molecule has 2 aliphatic rings. The average Bonchev–Trinajstić information content (AvgIpc) is 2.89. The van der Waals surface area contributed by atoms with E-state index < -0.39 is 5.54 Å². The van der Waals surface area contributed by atoms with Gasteiger partial charge in [-0.2, -0.15) is 5.10 Å². The number of nitrogens with zero attached hydrogens (tertiary/aromatic N) is 3. The fraction of sp³-hybridized carbons (Fsp3) is 0.583. The lowest BCUT2D eigenvalue weighted by Gasteiger charge is -2.31. The summed E-state index contributed by atoms with van der Waals surface area (Å²) >= 11 is 0. The molecule has 2 aliphatic heterocycles.